The Hall–Kier alpha value is 4.16. The van der Waals surface area contributed by atoms with E-state index in [4.69, 9.17) is 0 Å². The number of halogens is 3. The Balaban J connectivity index is 0. The van der Waals surface area contributed by atoms with Crippen LogP contribution in [0.1, 0.15) is 0 Å². The summed E-state index contributed by atoms with van der Waals surface area (Å²) >= 11 is 0. The zero-order valence-electron chi connectivity index (χ0n) is 1.72. The Labute approximate surface area is 135 Å². The van der Waals surface area contributed by atoms with Crippen LogP contribution in [0, 0.1) is 31.1 Å². The Bertz CT molecular complexity index is 10.8. The Morgan fingerprint density at radius 3 is 0.667 bits per heavy atom. The van der Waals surface area contributed by atoms with E-state index in [0.717, 1.165) is 0 Å². The molecule has 0 atom stereocenters. The van der Waals surface area contributed by atoms with E-state index in [9.17, 15) is 0 Å². The van der Waals surface area contributed by atoms with Gasteiger partial charge in [0.25, 0.3) is 0 Å². The first-order chi connectivity index (χ1) is 0. The molecule has 0 fully saturated rings. The van der Waals surface area contributed by atoms with Crippen LogP contribution in [0.4, 0.5) is 0 Å². The van der Waals surface area contributed by atoms with Crippen LogP contribution in [-0.4, -0.2) is 70.2 Å². The summed E-state index contributed by atoms with van der Waals surface area (Å²) in [6, 6.07) is 0. The van der Waals surface area contributed by atoms with Gasteiger partial charge in [0, 0.05) is 31.1 Å². The molecule has 0 bridgehead atoms. The van der Waals surface area contributed by atoms with Crippen LogP contribution in [-0.2, 0) is 0 Å². The quantitative estimate of drug-likeness (QED) is 0.506. The molecule has 0 aromatic rings. The van der Waals surface area contributed by atoms with E-state index in [0.29, 0.717) is 0 Å². The maximum Gasteiger partial charge on any atom is 0 e. The van der Waals surface area contributed by atoms with Gasteiger partial charge in [0.1, 0.15) is 0 Å². The summed E-state index contributed by atoms with van der Waals surface area (Å²) in [6.45, 7) is 0. The van der Waals surface area contributed by atoms with Crippen molar-refractivity contribution in [2.24, 2.45) is 0 Å². The molecule has 0 aliphatic carbocycles. The van der Waals surface area contributed by atoms with Gasteiger partial charge in [-0.05, 0) is 0 Å². The van der Waals surface area contributed by atoms with E-state index in [-0.39, 0.29) is 139 Å². The molecule has 0 unspecified atom stereocenters. The average Bonchev–Trinajstić information content (AvgIpc) is 0. The average molecular weight is 395 g/mol. The van der Waals surface area contributed by atoms with Gasteiger partial charge in [0.15, 0.2) is 0 Å². The fraction of sp³-hybridized carbons (Fsp3) is 0. The summed E-state index contributed by atoms with van der Waals surface area (Å²) in [6.07, 6.45) is 0. The molecule has 0 radical (unpaired) electrons. The molecule has 0 aromatic heterocycles. The van der Waals surface area contributed by atoms with Gasteiger partial charge in [0.2, 0.25) is 0 Å². The molecule has 0 amide bonds. The van der Waals surface area contributed by atoms with Crippen molar-refractivity contribution in [2.75, 3.05) is 0 Å². The van der Waals surface area contributed by atoms with Crippen molar-refractivity contribution >= 4 is 107 Å². The second-order valence-electron chi connectivity index (χ2n) is 0. The minimum Gasteiger partial charge on any atom is 0 e. The van der Waals surface area contributed by atoms with Gasteiger partial charge in [-0.25, -0.2) is 0 Å². The molecule has 6 heavy (non-hydrogen) atoms. The van der Waals surface area contributed by atoms with Crippen molar-refractivity contribution in [3.63, 3.8) is 0 Å². The van der Waals surface area contributed by atoms with Crippen LogP contribution in [0.5, 0.6) is 0 Å². The molecule has 6 heteroatoms. The number of hydrogen-bond donors (Lipinski definition) is 0. The maximum atomic E-state index is 0. The second kappa shape index (κ2) is 35.3. The summed E-state index contributed by atoms with van der Waals surface area (Å²) in [4.78, 5) is 0. The van der Waals surface area contributed by atoms with Crippen LogP contribution < -0.4 is 0 Å². The maximum absolute atomic E-state index is 0. The number of rotatable bonds is 0. The number of hydrogen-bond acceptors (Lipinski definition) is 0. The third-order valence-corrected chi connectivity index (χ3v) is 0. The molecule has 0 spiro atoms. The first-order valence-corrected chi connectivity index (χ1v) is 0. The summed E-state index contributed by atoms with van der Waals surface area (Å²) in [5.41, 5.74) is 0. The van der Waals surface area contributed by atoms with Crippen LogP contribution >= 0.6 is 37.2 Å². The van der Waals surface area contributed by atoms with Crippen molar-refractivity contribution in [3.05, 3.63) is 0 Å². The topological polar surface area (TPSA) is 0 Å². The largest absolute Gasteiger partial charge is 0 e. The molecule has 0 aliphatic rings. The van der Waals surface area contributed by atoms with E-state index < -0.39 is 0 Å². The summed E-state index contributed by atoms with van der Waals surface area (Å²) < 4.78 is 0. The van der Waals surface area contributed by atoms with E-state index in [1.54, 1.807) is 0 Å². The summed E-state index contributed by atoms with van der Waals surface area (Å²) in [5, 5.41) is 0. The van der Waals surface area contributed by atoms with Gasteiger partial charge in [-0.3, -0.25) is 0 Å². The fourth-order valence-corrected chi connectivity index (χ4v) is 0. The molecule has 0 aromatic carbocycles. The fourth-order valence-electron chi connectivity index (χ4n) is 0. The normalized spacial score (nSPS) is 0. The zero-order valence-corrected chi connectivity index (χ0v) is 8.34. The van der Waals surface area contributed by atoms with Crippen molar-refractivity contribution < 1.29 is 31.1 Å². The Morgan fingerprint density at radius 2 is 0.667 bits per heavy atom. The van der Waals surface area contributed by atoms with Crippen LogP contribution in [0.15, 0.2) is 0 Å². The molecule has 0 rings (SSSR count). The molecule has 0 N–H and O–H groups in total. The smallest absolute Gasteiger partial charge is 0 e. The second-order valence-corrected chi connectivity index (χ2v) is 0. The monoisotopic (exact) mass is 394 g/mol. The van der Waals surface area contributed by atoms with Crippen LogP contribution in [0.2, 0.25) is 0 Å². The van der Waals surface area contributed by atoms with Gasteiger partial charge in [-0.2, -0.15) is 0 Å². The minimum atomic E-state index is 0. The van der Waals surface area contributed by atoms with Gasteiger partial charge in [-0.15, -0.1) is 37.2 Å². The predicted octanol–water partition coefficient (Wildman–Crippen LogP) is -0.0316. The standard InChI is InChI=1S/3ClH.K.Li.U.2H/h3*1H;;;;;. The first-order valence-electron chi connectivity index (χ1n) is 0. The van der Waals surface area contributed by atoms with Crippen molar-refractivity contribution in [3.8, 4) is 0 Å². The van der Waals surface area contributed by atoms with Gasteiger partial charge >= 0.3 is 70.2 Å². The summed E-state index contributed by atoms with van der Waals surface area (Å²) in [5.74, 6) is 0. The predicted molar refractivity (Wildman–Crippen MR) is 36.0 cm³/mol. The van der Waals surface area contributed by atoms with E-state index in [1.807, 2.05) is 0 Å². The van der Waals surface area contributed by atoms with Gasteiger partial charge in [-0.1, -0.05) is 0 Å². The van der Waals surface area contributed by atoms with Crippen molar-refractivity contribution in [2.45, 2.75) is 0 Å². The van der Waals surface area contributed by atoms with E-state index in [2.05, 4.69) is 0 Å². The van der Waals surface area contributed by atoms with E-state index in [1.165, 1.54) is 0 Å². The van der Waals surface area contributed by atoms with Crippen LogP contribution in [0.3, 0.4) is 0 Å². The SMILES string of the molecule is Cl.Cl.Cl.[KH].[LiH].[U]. The molecule has 0 saturated heterocycles. The molecule has 0 heterocycles. The Kier molecular flexibility index (Phi) is 290. The minimum absolute atomic E-state index is 0. The van der Waals surface area contributed by atoms with Gasteiger partial charge < -0.3 is 0 Å². The van der Waals surface area contributed by atoms with E-state index >= 15 is 0 Å². The van der Waals surface area contributed by atoms with Crippen molar-refractivity contribution in [1.82, 2.24) is 0 Å². The molecule has 32 valence electrons. The Morgan fingerprint density at radius 1 is 0.667 bits per heavy atom. The molecule has 0 aliphatic heterocycles. The molecule has 0 nitrogen and oxygen atoms in total. The third kappa shape index (κ3) is 24.2. The van der Waals surface area contributed by atoms with Gasteiger partial charge in [0.05, 0.1) is 0 Å². The molecular weight excluding hydrogens is 390 g/mol. The summed E-state index contributed by atoms with van der Waals surface area (Å²) in [7, 11) is 0. The zero-order chi connectivity index (χ0) is 0. The molecule has 0 saturated carbocycles. The van der Waals surface area contributed by atoms with Crippen LogP contribution in [0.25, 0.3) is 0 Å². The van der Waals surface area contributed by atoms with Crippen molar-refractivity contribution in [1.29, 1.82) is 0 Å². The first kappa shape index (κ1) is 49.3. The molecular formula is H5Cl3KLiU. The third-order valence-electron chi connectivity index (χ3n) is 0.